The summed E-state index contributed by atoms with van der Waals surface area (Å²) in [6.07, 6.45) is 2.16. The Balaban J connectivity index is 1.39. The molecule has 0 spiro atoms. The van der Waals surface area contributed by atoms with Gasteiger partial charge in [-0.3, -0.25) is 19.8 Å². The van der Waals surface area contributed by atoms with Crippen LogP contribution >= 0.6 is 0 Å². The van der Waals surface area contributed by atoms with Crippen LogP contribution in [0.3, 0.4) is 0 Å². The number of pyridine rings is 1. The number of hydrogen-bond acceptors (Lipinski definition) is 7. The van der Waals surface area contributed by atoms with Gasteiger partial charge < -0.3 is 29.9 Å². The number of benzene rings is 2. The van der Waals surface area contributed by atoms with E-state index in [0.717, 1.165) is 92.2 Å². The van der Waals surface area contributed by atoms with Gasteiger partial charge in [0.25, 0.3) is 11.5 Å². The molecule has 3 aromatic rings. The van der Waals surface area contributed by atoms with Crippen LogP contribution in [0, 0.1) is 20.8 Å². The quantitative estimate of drug-likeness (QED) is 0.212. The van der Waals surface area contributed by atoms with Crippen LogP contribution in [-0.2, 0) is 17.8 Å². The topological polar surface area (TPSA) is 147 Å². The van der Waals surface area contributed by atoms with Gasteiger partial charge in [0.1, 0.15) is 0 Å². The van der Waals surface area contributed by atoms with Crippen molar-refractivity contribution in [2.24, 2.45) is 0 Å². The van der Waals surface area contributed by atoms with Gasteiger partial charge >= 0.3 is 12.1 Å². The molecule has 1 saturated heterocycles. The van der Waals surface area contributed by atoms with Crippen LogP contribution in [0.25, 0.3) is 11.1 Å². The number of rotatable bonds is 9. The Kier molecular flexibility index (Phi) is 12.1. The molecule has 1 aromatic heterocycles. The molecule has 0 unspecified atom stereocenters. The van der Waals surface area contributed by atoms with Crippen LogP contribution in [0.4, 0.5) is 15.3 Å². The third-order valence-corrected chi connectivity index (χ3v) is 10.5. The van der Waals surface area contributed by atoms with E-state index in [1.54, 1.807) is 11.8 Å². The van der Waals surface area contributed by atoms with E-state index in [9.17, 15) is 24.3 Å². The molecule has 52 heavy (non-hydrogen) atoms. The number of carbonyl (C=O) groups is 3. The molecule has 1 saturated carbocycles. The monoisotopic (exact) mass is 714 g/mol. The highest BCUT2D eigenvalue weighted by Gasteiger charge is 2.36. The zero-order valence-electron chi connectivity index (χ0n) is 31.6. The number of imide groups is 1. The second kappa shape index (κ2) is 16.3. The molecule has 12 nitrogen and oxygen atoms in total. The lowest BCUT2D eigenvalue weighted by molar-refractivity contribution is 0.0342. The first-order valence-electron chi connectivity index (χ1n) is 18.2. The van der Waals surface area contributed by atoms with Crippen molar-refractivity contribution in [1.82, 2.24) is 25.4 Å². The number of aromatic amines is 1. The van der Waals surface area contributed by atoms with Crippen LogP contribution in [0.5, 0.6) is 0 Å². The van der Waals surface area contributed by atoms with E-state index in [1.807, 2.05) is 53.8 Å². The Hall–Kier alpha value is -4.68. The standard InChI is InChI=1S/C40H54N6O6/c1-25-20-26(2)42-37(48)34(25)23-41-38(49)43-36(47)33-21-30(29-10-8-28(9-11-29)24-45-16-18-52-19-17-45)22-35(27(33)3)44(7)31-12-14-32(15-13-31)46(39(50)51)40(4,5)6/h8-11,20-22,31-32H,12-19,23-24H2,1-7H3,(H,42,48)(H,50,51)(H2,41,43,47,49). The van der Waals surface area contributed by atoms with Crippen molar-refractivity contribution in [3.63, 3.8) is 0 Å². The lowest BCUT2D eigenvalue weighted by Gasteiger charge is -2.44. The highest BCUT2D eigenvalue weighted by Crippen LogP contribution is 2.36. The number of morpholine rings is 1. The number of aromatic nitrogens is 1. The number of hydrogen-bond donors (Lipinski definition) is 4. The molecular weight excluding hydrogens is 660 g/mol. The maximum Gasteiger partial charge on any atom is 0.407 e. The summed E-state index contributed by atoms with van der Waals surface area (Å²) >= 11 is 0. The van der Waals surface area contributed by atoms with E-state index in [2.05, 4.69) is 55.7 Å². The van der Waals surface area contributed by atoms with E-state index in [0.29, 0.717) is 11.1 Å². The fourth-order valence-electron chi connectivity index (χ4n) is 7.66. The molecule has 2 heterocycles. The number of carboxylic acid groups (broad SMARTS) is 1. The van der Waals surface area contributed by atoms with E-state index in [-0.39, 0.29) is 24.2 Å². The molecule has 12 heteroatoms. The number of aryl methyl sites for hydroxylation is 2. The number of nitrogens with one attached hydrogen (secondary N) is 3. The summed E-state index contributed by atoms with van der Waals surface area (Å²) in [7, 11) is 2.02. The summed E-state index contributed by atoms with van der Waals surface area (Å²) in [6.45, 7) is 15.4. The van der Waals surface area contributed by atoms with Gasteiger partial charge in [-0.25, -0.2) is 9.59 Å². The molecule has 2 aromatic carbocycles. The van der Waals surface area contributed by atoms with Crippen LogP contribution in [-0.4, -0.2) is 88.9 Å². The molecule has 4 amide bonds. The average molecular weight is 715 g/mol. The summed E-state index contributed by atoms with van der Waals surface area (Å²) in [6, 6.07) is 13.5. The summed E-state index contributed by atoms with van der Waals surface area (Å²) in [5.74, 6) is -0.545. The summed E-state index contributed by atoms with van der Waals surface area (Å²) in [5.41, 5.74) is 6.08. The fourth-order valence-corrected chi connectivity index (χ4v) is 7.66. The average Bonchev–Trinajstić information content (AvgIpc) is 3.08. The minimum atomic E-state index is -0.899. The van der Waals surface area contributed by atoms with Crippen molar-refractivity contribution < 1.29 is 24.2 Å². The number of H-pyrrole nitrogens is 1. The second-order valence-corrected chi connectivity index (χ2v) is 15.2. The number of amides is 4. The van der Waals surface area contributed by atoms with Crippen molar-refractivity contribution in [1.29, 1.82) is 0 Å². The molecule has 2 fully saturated rings. The maximum absolute atomic E-state index is 13.8. The summed E-state index contributed by atoms with van der Waals surface area (Å²) in [5, 5.41) is 15.1. The molecule has 4 N–H and O–H groups in total. The number of nitrogens with zero attached hydrogens (tertiary/aromatic N) is 3. The Morgan fingerprint density at radius 3 is 2.17 bits per heavy atom. The van der Waals surface area contributed by atoms with Gasteiger partial charge in [0.05, 0.1) is 19.8 Å². The Morgan fingerprint density at radius 1 is 0.942 bits per heavy atom. The largest absolute Gasteiger partial charge is 0.465 e. The number of ether oxygens (including phenoxy) is 1. The van der Waals surface area contributed by atoms with Crippen molar-refractivity contribution in [3.05, 3.63) is 86.3 Å². The molecule has 0 atom stereocenters. The number of urea groups is 1. The Bertz CT molecular complexity index is 1820. The minimum absolute atomic E-state index is 0.0262. The molecule has 280 valence electrons. The molecule has 0 radical (unpaired) electrons. The molecule has 0 bridgehead atoms. The fraction of sp³-hybridized carbons (Fsp3) is 0.500. The summed E-state index contributed by atoms with van der Waals surface area (Å²) < 4.78 is 5.50. The third kappa shape index (κ3) is 9.21. The zero-order chi connectivity index (χ0) is 37.7. The SMILES string of the molecule is Cc1cc(C)c(CNC(=O)NC(=O)c2cc(-c3ccc(CN4CCOCC4)cc3)cc(N(C)C3CCC(N(C(=O)O)C(C)(C)C)CC3)c2C)c(=O)[nH]1. The smallest absolute Gasteiger partial charge is 0.407 e. The normalized spacial score (nSPS) is 18.1. The van der Waals surface area contributed by atoms with Gasteiger partial charge in [-0.1, -0.05) is 24.3 Å². The van der Waals surface area contributed by atoms with Gasteiger partial charge in [0.15, 0.2) is 0 Å². The van der Waals surface area contributed by atoms with Crippen LogP contribution in [0.15, 0.2) is 47.3 Å². The van der Waals surface area contributed by atoms with Gasteiger partial charge in [-0.2, -0.15) is 0 Å². The lowest BCUT2D eigenvalue weighted by Crippen LogP contribution is -2.53. The molecule has 1 aliphatic carbocycles. The minimum Gasteiger partial charge on any atom is -0.465 e. The molecule has 1 aliphatic heterocycles. The Morgan fingerprint density at radius 2 is 1.58 bits per heavy atom. The highest BCUT2D eigenvalue weighted by atomic mass is 16.5. The first kappa shape index (κ1) is 38.5. The van der Waals surface area contributed by atoms with Crippen molar-refractivity contribution in [3.8, 4) is 11.1 Å². The summed E-state index contributed by atoms with van der Waals surface area (Å²) in [4.78, 5) is 60.4. The molecule has 2 aliphatic rings. The number of carbonyl (C=O) groups excluding carboxylic acids is 2. The van der Waals surface area contributed by atoms with E-state index < -0.39 is 23.6 Å². The molecule has 5 rings (SSSR count). The molecular formula is C40H54N6O6. The van der Waals surface area contributed by atoms with Crippen LogP contribution in [0.2, 0.25) is 0 Å². The number of anilines is 1. The van der Waals surface area contributed by atoms with E-state index in [1.165, 1.54) is 5.56 Å². The first-order chi connectivity index (χ1) is 24.6. The van der Waals surface area contributed by atoms with Crippen LogP contribution < -0.4 is 21.1 Å². The predicted octanol–water partition coefficient (Wildman–Crippen LogP) is 5.96. The van der Waals surface area contributed by atoms with Crippen LogP contribution in [0.1, 0.15) is 84.8 Å². The highest BCUT2D eigenvalue weighted by molar-refractivity contribution is 6.06. The second-order valence-electron chi connectivity index (χ2n) is 15.2. The first-order valence-corrected chi connectivity index (χ1v) is 18.2. The maximum atomic E-state index is 13.8. The van der Waals surface area contributed by atoms with Gasteiger partial charge in [0.2, 0.25) is 0 Å². The third-order valence-electron chi connectivity index (χ3n) is 10.5. The van der Waals surface area contributed by atoms with Gasteiger partial charge in [-0.05, 0) is 113 Å². The van der Waals surface area contributed by atoms with Crippen molar-refractivity contribution >= 4 is 23.7 Å². The lowest BCUT2D eigenvalue weighted by atomic mass is 9.86. The van der Waals surface area contributed by atoms with Crippen molar-refractivity contribution in [2.75, 3.05) is 38.3 Å². The van der Waals surface area contributed by atoms with Gasteiger partial charge in [-0.15, -0.1) is 0 Å². The predicted molar refractivity (Wildman–Crippen MR) is 203 cm³/mol. The van der Waals surface area contributed by atoms with E-state index in [4.69, 9.17) is 4.74 Å². The Labute approximate surface area is 306 Å². The van der Waals surface area contributed by atoms with Crippen molar-refractivity contribution in [2.45, 2.75) is 97.9 Å². The van der Waals surface area contributed by atoms with E-state index >= 15 is 0 Å². The van der Waals surface area contributed by atoms with Gasteiger partial charge in [0, 0.05) is 66.8 Å². The zero-order valence-corrected chi connectivity index (χ0v) is 31.6.